The summed E-state index contributed by atoms with van der Waals surface area (Å²) in [5, 5.41) is 5.11. The summed E-state index contributed by atoms with van der Waals surface area (Å²) in [4.78, 5) is 5.11. The largest absolute Gasteiger partial charge is 0.434 e. The number of ether oxygens (including phenoxy) is 1. The molecule has 1 N–H and O–H groups in total. The predicted molar refractivity (Wildman–Crippen MR) is 76.9 cm³/mol. The highest BCUT2D eigenvalue weighted by atomic mass is 32.1. The first kappa shape index (κ1) is 14.0. The zero-order chi connectivity index (χ0) is 14.8. The van der Waals surface area contributed by atoms with Gasteiger partial charge in [0.15, 0.2) is 16.5 Å². The Labute approximate surface area is 124 Å². The minimum atomic E-state index is -0.749. The molecule has 0 aliphatic carbocycles. The lowest BCUT2D eigenvalue weighted by Crippen LogP contribution is -2.13. The number of fused-ring (bicyclic) bond motifs is 1. The van der Waals surface area contributed by atoms with E-state index in [1.54, 1.807) is 0 Å². The van der Waals surface area contributed by atoms with Crippen LogP contribution in [0.15, 0.2) is 29.8 Å². The van der Waals surface area contributed by atoms with Crippen molar-refractivity contribution in [2.75, 3.05) is 6.54 Å². The summed E-state index contributed by atoms with van der Waals surface area (Å²) in [5.74, 6) is -1.10. The number of thiazole rings is 1. The molecule has 1 aromatic carbocycles. The Bertz CT molecular complexity index is 769. The summed E-state index contributed by atoms with van der Waals surface area (Å²) in [7, 11) is 0. The Morgan fingerprint density at radius 3 is 3.00 bits per heavy atom. The third kappa shape index (κ3) is 2.74. The Morgan fingerprint density at radius 1 is 1.38 bits per heavy atom. The molecule has 0 fully saturated rings. The van der Waals surface area contributed by atoms with Crippen LogP contribution in [0.5, 0.6) is 11.6 Å². The lowest BCUT2D eigenvalue weighted by molar-refractivity contribution is 0.419. The van der Waals surface area contributed by atoms with Gasteiger partial charge in [0, 0.05) is 24.2 Å². The van der Waals surface area contributed by atoms with Crippen molar-refractivity contribution < 1.29 is 13.5 Å². The third-order valence-electron chi connectivity index (χ3n) is 2.97. The molecule has 3 rings (SSSR count). The number of hydrogen-bond acceptors (Lipinski definition) is 4. The van der Waals surface area contributed by atoms with E-state index >= 15 is 0 Å². The zero-order valence-corrected chi connectivity index (χ0v) is 12.1. The molecule has 0 saturated carbocycles. The van der Waals surface area contributed by atoms with E-state index in [1.807, 2.05) is 22.9 Å². The second-order valence-electron chi connectivity index (χ2n) is 4.38. The van der Waals surface area contributed by atoms with Gasteiger partial charge >= 0.3 is 0 Å². The monoisotopic (exact) mass is 309 g/mol. The number of nitrogens with zero attached hydrogens (tertiary/aromatic N) is 2. The van der Waals surface area contributed by atoms with Crippen LogP contribution in [0.25, 0.3) is 4.96 Å². The molecule has 7 heteroatoms. The molecule has 2 aromatic heterocycles. The average Bonchev–Trinajstić information content (AvgIpc) is 3.01. The third-order valence-corrected chi connectivity index (χ3v) is 3.72. The van der Waals surface area contributed by atoms with Gasteiger partial charge in [-0.25, -0.2) is 8.78 Å². The van der Waals surface area contributed by atoms with Gasteiger partial charge in [-0.1, -0.05) is 6.92 Å². The minimum absolute atomic E-state index is 0.0418. The molecule has 0 bridgehead atoms. The Kier molecular flexibility index (Phi) is 3.85. The van der Waals surface area contributed by atoms with Crippen LogP contribution < -0.4 is 10.1 Å². The Morgan fingerprint density at radius 2 is 2.24 bits per heavy atom. The lowest BCUT2D eigenvalue weighted by Gasteiger charge is -2.07. The van der Waals surface area contributed by atoms with Crippen molar-refractivity contribution in [3.8, 4) is 11.6 Å². The number of nitrogens with one attached hydrogen (secondary N) is 1. The Hall–Kier alpha value is -1.99. The van der Waals surface area contributed by atoms with E-state index in [4.69, 9.17) is 4.74 Å². The molecule has 110 valence electrons. The fourth-order valence-corrected chi connectivity index (χ4v) is 2.69. The van der Waals surface area contributed by atoms with Crippen LogP contribution in [0.1, 0.15) is 12.6 Å². The smallest absolute Gasteiger partial charge is 0.243 e. The highest BCUT2D eigenvalue weighted by Gasteiger charge is 2.16. The quantitative estimate of drug-likeness (QED) is 0.783. The van der Waals surface area contributed by atoms with Gasteiger partial charge in [-0.2, -0.15) is 4.98 Å². The van der Waals surface area contributed by atoms with Gasteiger partial charge in [-0.15, -0.1) is 11.3 Å². The van der Waals surface area contributed by atoms with Crippen LogP contribution >= 0.6 is 11.3 Å². The molecule has 0 atom stereocenters. The summed E-state index contributed by atoms with van der Waals surface area (Å²) in [5.41, 5.74) is 0.803. The van der Waals surface area contributed by atoms with E-state index in [0.29, 0.717) is 12.4 Å². The minimum Gasteiger partial charge on any atom is -0.434 e. The number of imidazole rings is 1. The zero-order valence-electron chi connectivity index (χ0n) is 11.3. The predicted octanol–water partition coefficient (Wildman–Crippen LogP) is 3.58. The molecular formula is C14H13F2N3OS. The normalized spacial score (nSPS) is 11.2. The molecular weight excluding hydrogens is 296 g/mol. The van der Waals surface area contributed by atoms with Crippen LogP contribution in [0.3, 0.4) is 0 Å². The van der Waals surface area contributed by atoms with E-state index in [1.165, 1.54) is 17.4 Å². The number of halogens is 2. The van der Waals surface area contributed by atoms with E-state index in [-0.39, 0.29) is 5.75 Å². The maximum absolute atomic E-state index is 13.7. The standard InChI is InChI=1S/C14H13F2N3OS/c1-2-17-8-11-13(18-14-19(11)5-6-21-14)20-12-4-3-9(15)7-10(12)16/h3-7,17H,2,8H2,1H3. The van der Waals surface area contributed by atoms with Gasteiger partial charge in [0.05, 0.1) is 0 Å². The van der Waals surface area contributed by atoms with Crippen LogP contribution in [-0.4, -0.2) is 15.9 Å². The van der Waals surface area contributed by atoms with Crippen LogP contribution in [-0.2, 0) is 6.54 Å². The Balaban J connectivity index is 1.97. The molecule has 0 aliphatic rings. The van der Waals surface area contributed by atoms with Crippen LogP contribution in [0, 0.1) is 11.6 Å². The first-order valence-electron chi connectivity index (χ1n) is 6.47. The van der Waals surface area contributed by atoms with Gasteiger partial charge in [0.1, 0.15) is 11.5 Å². The summed E-state index contributed by atoms with van der Waals surface area (Å²) < 4.78 is 34.0. The van der Waals surface area contributed by atoms with E-state index in [0.717, 1.165) is 29.3 Å². The fraction of sp³-hybridized carbons (Fsp3) is 0.214. The van der Waals surface area contributed by atoms with E-state index < -0.39 is 11.6 Å². The number of benzene rings is 1. The summed E-state index contributed by atoms with van der Waals surface area (Å²) in [6.45, 7) is 3.33. The second-order valence-corrected chi connectivity index (χ2v) is 5.25. The van der Waals surface area contributed by atoms with Crippen molar-refractivity contribution in [3.05, 3.63) is 47.1 Å². The van der Waals surface area contributed by atoms with Crippen molar-refractivity contribution >= 4 is 16.3 Å². The number of aromatic nitrogens is 2. The molecule has 0 aliphatic heterocycles. The van der Waals surface area contributed by atoms with Crippen molar-refractivity contribution in [1.82, 2.24) is 14.7 Å². The molecule has 21 heavy (non-hydrogen) atoms. The van der Waals surface area contributed by atoms with Crippen molar-refractivity contribution in [3.63, 3.8) is 0 Å². The summed E-state index contributed by atoms with van der Waals surface area (Å²) in [6, 6.07) is 3.20. The SMILES string of the molecule is CCNCc1c(Oc2ccc(F)cc2F)nc2sccn12. The fourth-order valence-electron chi connectivity index (χ4n) is 1.96. The van der Waals surface area contributed by atoms with Gasteiger partial charge in [0.2, 0.25) is 5.88 Å². The second kappa shape index (κ2) is 5.79. The number of rotatable bonds is 5. The highest BCUT2D eigenvalue weighted by molar-refractivity contribution is 7.15. The van der Waals surface area contributed by atoms with Crippen molar-refractivity contribution in [2.45, 2.75) is 13.5 Å². The molecule has 4 nitrogen and oxygen atoms in total. The first-order valence-corrected chi connectivity index (χ1v) is 7.35. The first-order chi connectivity index (χ1) is 10.2. The molecule has 0 spiro atoms. The topological polar surface area (TPSA) is 38.6 Å². The van der Waals surface area contributed by atoms with E-state index in [2.05, 4.69) is 10.3 Å². The van der Waals surface area contributed by atoms with Crippen LogP contribution in [0.2, 0.25) is 0 Å². The molecule has 0 radical (unpaired) electrons. The van der Waals surface area contributed by atoms with Gasteiger partial charge in [-0.05, 0) is 18.7 Å². The van der Waals surface area contributed by atoms with Gasteiger partial charge < -0.3 is 10.1 Å². The maximum atomic E-state index is 13.7. The van der Waals surface area contributed by atoms with E-state index in [9.17, 15) is 8.78 Å². The molecule has 0 amide bonds. The maximum Gasteiger partial charge on any atom is 0.243 e. The number of hydrogen-bond donors (Lipinski definition) is 1. The lowest BCUT2D eigenvalue weighted by atomic mass is 10.3. The van der Waals surface area contributed by atoms with Crippen molar-refractivity contribution in [1.29, 1.82) is 0 Å². The average molecular weight is 309 g/mol. The van der Waals surface area contributed by atoms with Crippen LogP contribution in [0.4, 0.5) is 8.78 Å². The molecule has 0 saturated heterocycles. The molecule has 2 heterocycles. The van der Waals surface area contributed by atoms with Gasteiger partial charge in [-0.3, -0.25) is 4.40 Å². The van der Waals surface area contributed by atoms with Crippen molar-refractivity contribution in [2.24, 2.45) is 0 Å². The molecule has 0 unspecified atom stereocenters. The summed E-state index contributed by atoms with van der Waals surface area (Å²) in [6.07, 6.45) is 1.88. The summed E-state index contributed by atoms with van der Waals surface area (Å²) >= 11 is 1.46. The van der Waals surface area contributed by atoms with Gasteiger partial charge in [0.25, 0.3) is 0 Å². The molecule has 3 aromatic rings. The highest BCUT2D eigenvalue weighted by Crippen LogP contribution is 2.29.